The number of hydrogen-bond acceptors (Lipinski definition) is 1. The summed E-state index contributed by atoms with van der Waals surface area (Å²) in [5.74, 6) is 0.343. The molecule has 1 aromatic carbocycles. The number of carbonyl (C=O) groups is 1. The molecule has 2 heteroatoms. The Bertz CT molecular complexity index is 382. The number of Topliss-reactive ketones (excluding diaryl/α,β-unsaturated/α-hetero) is 1. The minimum Gasteiger partial charge on any atom is -0.294 e. The van der Waals surface area contributed by atoms with Gasteiger partial charge < -0.3 is 0 Å². The predicted molar refractivity (Wildman–Crippen MR) is 53.4 cm³/mol. The average molecular weight is 195 g/mol. The van der Waals surface area contributed by atoms with Crippen LogP contribution in [-0.4, -0.2) is 5.78 Å². The van der Waals surface area contributed by atoms with Crippen LogP contribution in [0.1, 0.15) is 28.4 Å². The lowest BCUT2D eigenvalue weighted by Crippen LogP contribution is -2.02. The van der Waals surface area contributed by atoms with Crippen LogP contribution in [0.2, 0.25) is 5.02 Å². The van der Waals surface area contributed by atoms with Crippen LogP contribution in [0, 0.1) is 12.8 Å². The molecule has 0 aromatic heterocycles. The molecule has 0 N–H and O–H groups in total. The highest BCUT2D eigenvalue weighted by Crippen LogP contribution is 2.32. The van der Waals surface area contributed by atoms with Gasteiger partial charge in [0.25, 0.3) is 0 Å². The van der Waals surface area contributed by atoms with Gasteiger partial charge in [-0.15, -0.1) is 0 Å². The summed E-state index contributed by atoms with van der Waals surface area (Å²) in [6.07, 6.45) is 0.799. The van der Waals surface area contributed by atoms with Gasteiger partial charge in [-0.25, -0.2) is 0 Å². The lowest BCUT2D eigenvalue weighted by molar-refractivity contribution is 0.0946. The van der Waals surface area contributed by atoms with Gasteiger partial charge in [0, 0.05) is 16.5 Å². The molecular weight excluding hydrogens is 184 g/mol. The number of aryl methyl sites for hydroxylation is 1. The second kappa shape index (κ2) is 2.85. The summed E-state index contributed by atoms with van der Waals surface area (Å²) >= 11 is 6.05. The van der Waals surface area contributed by atoms with E-state index in [1.807, 2.05) is 26.0 Å². The van der Waals surface area contributed by atoms with Crippen molar-refractivity contribution in [2.75, 3.05) is 0 Å². The fourth-order valence-electron chi connectivity index (χ4n) is 1.86. The van der Waals surface area contributed by atoms with Crippen LogP contribution in [0.3, 0.4) is 0 Å². The molecule has 0 spiro atoms. The van der Waals surface area contributed by atoms with E-state index in [4.69, 9.17) is 11.6 Å². The maximum atomic E-state index is 11.6. The Morgan fingerprint density at radius 3 is 2.85 bits per heavy atom. The minimum atomic E-state index is 0.106. The molecule has 68 valence electrons. The van der Waals surface area contributed by atoms with Gasteiger partial charge in [-0.05, 0) is 36.6 Å². The molecule has 0 aliphatic heterocycles. The fraction of sp³-hybridized carbons (Fsp3) is 0.364. The van der Waals surface area contributed by atoms with E-state index >= 15 is 0 Å². The van der Waals surface area contributed by atoms with Crippen LogP contribution in [0.25, 0.3) is 0 Å². The molecule has 0 bridgehead atoms. The van der Waals surface area contributed by atoms with E-state index in [0.717, 1.165) is 28.1 Å². The molecule has 0 amide bonds. The maximum absolute atomic E-state index is 11.6. The molecule has 1 aliphatic rings. The van der Waals surface area contributed by atoms with Crippen LogP contribution in [0.15, 0.2) is 12.1 Å². The molecule has 1 atom stereocenters. The Morgan fingerprint density at radius 1 is 1.46 bits per heavy atom. The first-order valence-electron chi connectivity index (χ1n) is 4.43. The van der Waals surface area contributed by atoms with Gasteiger partial charge in [-0.1, -0.05) is 18.5 Å². The van der Waals surface area contributed by atoms with Gasteiger partial charge in [0.1, 0.15) is 0 Å². The second-order valence-electron chi connectivity index (χ2n) is 3.74. The van der Waals surface area contributed by atoms with E-state index in [1.54, 1.807) is 0 Å². The SMILES string of the molecule is Cc1cc(Cl)c2c(c1)C(=O)[C@H](C)C2. The Balaban J connectivity index is 2.64. The molecule has 0 radical (unpaired) electrons. The van der Waals surface area contributed by atoms with Crippen LogP contribution in [-0.2, 0) is 6.42 Å². The first kappa shape index (κ1) is 8.76. The molecule has 0 saturated carbocycles. The van der Waals surface area contributed by atoms with Crippen LogP contribution >= 0.6 is 11.6 Å². The minimum absolute atomic E-state index is 0.106. The van der Waals surface area contributed by atoms with Gasteiger partial charge in [0.15, 0.2) is 5.78 Å². The molecule has 1 aromatic rings. The zero-order valence-corrected chi connectivity index (χ0v) is 8.48. The molecule has 0 saturated heterocycles. The van der Waals surface area contributed by atoms with E-state index in [2.05, 4.69) is 0 Å². The van der Waals surface area contributed by atoms with Gasteiger partial charge >= 0.3 is 0 Å². The first-order chi connectivity index (χ1) is 6.09. The van der Waals surface area contributed by atoms with Gasteiger partial charge in [-0.2, -0.15) is 0 Å². The highest BCUT2D eigenvalue weighted by molar-refractivity contribution is 6.32. The Hall–Kier alpha value is -0.820. The van der Waals surface area contributed by atoms with Crippen molar-refractivity contribution in [2.24, 2.45) is 5.92 Å². The Labute approximate surface area is 82.7 Å². The van der Waals surface area contributed by atoms with Crippen LogP contribution in [0.5, 0.6) is 0 Å². The normalized spacial score (nSPS) is 20.5. The molecule has 1 nitrogen and oxygen atoms in total. The summed E-state index contributed by atoms with van der Waals surface area (Å²) in [4.78, 5) is 11.6. The van der Waals surface area contributed by atoms with E-state index in [1.165, 1.54) is 0 Å². The summed E-state index contributed by atoms with van der Waals surface area (Å²) < 4.78 is 0. The van der Waals surface area contributed by atoms with Crippen LogP contribution in [0.4, 0.5) is 0 Å². The van der Waals surface area contributed by atoms with Gasteiger partial charge in [0.2, 0.25) is 0 Å². The first-order valence-corrected chi connectivity index (χ1v) is 4.80. The highest BCUT2D eigenvalue weighted by Gasteiger charge is 2.28. The Kier molecular flexibility index (Phi) is 1.92. The molecule has 0 fully saturated rings. The van der Waals surface area contributed by atoms with Crippen molar-refractivity contribution in [2.45, 2.75) is 20.3 Å². The van der Waals surface area contributed by atoms with E-state index in [9.17, 15) is 4.79 Å². The zero-order valence-electron chi connectivity index (χ0n) is 7.73. The number of carbonyl (C=O) groups excluding carboxylic acids is 1. The van der Waals surface area contributed by atoms with E-state index < -0.39 is 0 Å². The largest absolute Gasteiger partial charge is 0.294 e. The van der Waals surface area contributed by atoms with Crippen molar-refractivity contribution in [3.05, 3.63) is 33.8 Å². The Morgan fingerprint density at radius 2 is 2.15 bits per heavy atom. The number of ketones is 1. The maximum Gasteiger partial charge on any atom is 0.166 e. The summed E-state index contributed by atoms with van der Waals surface area (Å²) in [5, 5.41) is 0.743. The number of halogens is 1. The third-order valence-electron chi connectivity index (χ3n) is 2.56. The fourth-order valence-corrected chi connectivity index (χ4v) is 2.21. The topological polar surface area (TPSA) is 17.1 Å². The summed E-state index contributed by atoms with van der Waals surface area (Å²) in [5.41, 5.74) is 2.92. The van der Waals surface area contributed by atoms with Crippen molar-refractivity contribution in [3.63, 3.8) is 0 Å². The van der Waals surface area contributed by atoms with Crippen LogP contribution < -0.4 is 0 Å². The molecule has 0 heterocycles. The summed E-state index contributed by atoms with van der Waals surface area (Å²) in [6, 6.07) is 3.86. The lowest BCUT2D eigenvalue weighted by atomic mass is 10.1. The number of benzene rings is 1. The molecule has 0 unspecified atom stereocenters. The number of rotatable bonds is 0. The van der Waals surface area contributed by atoms with Gasteiger partial charge in [0.05, 0.1) is 0 Å². The van der Waals surface area contributed by atoms with E-state index in [0.29, 0.717) is 0 Å². The number of fused-ring (bicyclic) bond motifs is 1. The smallest absolute Gasteiger partial charge is 0.166 e. The third-order valence-corrected chi connectivity index (χ3v) is 2.90. The van der Waals surface area contributed by atoms with Crippen molar-refractivity contribution < 1.29 is 4.79 Å². The molecular formula is C11H11ClO. The standard InChI is InChI=1S/C11H11ClO/c1-6-3-9-8(10(12)4-6)5-7(2)11(9)13/h3-4,7H,5H2,1-2H3/t7-/m1/s1. The highest BCUT2D eigenvalue weighted by atomic mass is 35.5. The monoisotopic (exact) mass is 194 g/mol. The zero-order chi connectivity index (χ0) is 9.59. The molecule has 13 heavy (non-hydrogen) atoms. The lowest BCUT2D eigenvalue weighted by Gasteiger charge is -2.01. The van der Waals surface area contributed by atoms with Crippen molar-refractivity contribution in [3.8, 4) is 0 Å². The van der Waals surface area contributed by atoms with Crippen molar-refractivity contribution in [1.82, 2.24) is 0 Å². The third kappa shape index (κ3) is 1.28. The van der Waals surface area contributed by atoms with E-state index in [-0.39, 0.29) is 11.7 Å². The summed E-state index contributed by atoms with van der Waals surface area (Å²) in [6.45, 7) is 3.91. The number of hydrogen-bond donors (Lipinski definition) is 0. The molecule has 2 rings (SSSR count). The second-order valence-corrected chi connectivity index (χ2v) is 4.15. The van der Waals surface area contributed by atoms with Crippen molar-refractivity contribution >= 4 is 17.4 Å². The predicted octanol–water partition coefficient (Wildman–Crippen LogP) is 3.02. The quantitative estimate of drug-likeness (QED) is 0.621. The molecule has 1 aliphatic carbocycles. The summed E-state index contributed by atoms with van der Waals surface area (Å²) in [7, 11) is 0. The van der Waals surface area contributed by atoms with Crippen molar-refractivity contribution in [1.29, 1.82) is 0 Å². The average Bonchev–Trinajstić information content (AvgIpc) is 2.32. The van der Waals surface area contributed by atoms with Gasteiger partial charge in [-0.3, -0.25) is 4.79 Å².